The Morgan fingerprint density at radius 3 is 2.42 bits per heavy atom. The highest BCUT2D eigenvalue weighted by molar-refractivity contribution is 6.08. The molecule has 0 atom stereocenters. The number of hydrogen-bond acceptors (Lipinski definition) is 2. The SMILES string of the molecule is Cc1cc2ccccc2cc1-c1nc2ccccc2c2occc12. The zero-order valence-electron chi connectivity index (χ0n) is 13.3. The van der Waals surface area contributed by atoms with Crippen LogP contribution in [0.1, 0.15) is 5.56 Å². The van der Waals surface area contributed by atoms with Gasteiger partial charge < -0.3 is 4.42 Å². The Hall–Kier alpha value is -3.13. The molecule has 2 heteroatoms. The fourth-order valence-corrected chi connectivity index (χ4v) is 3.46. The molecule has 0 unspecified atom stereocenters. The minimum Gasteiger partial charge on any atom is -0.464 e. The number of hydrogen-bond donors (Lipinski definition) is 0. The van der Waals surface area contributed by atoms with Crippen LogP contribution in [0.15, 0.2) is 77.4 Å². The van der Waals surface area contributed by atoms with Gasteiger partial charge in [-0.15, -0.1) is 0 Å². The molecular formula is C22H15NO. The summed E-state index contributed by atoms with van der Waals surface area (Å²) in [6.45, 7) is 2.14. The number of aryl methyl sites for hydroxylation is 1. The molecule has 5 rings (SSSR count). The maximum atomic E-state index is 5.78. The zero-order valence-corrected chi connectivity index (χ0v) is 13.3. The van der Waals surface area contributed by atoms with Gasteiger partial charge in [0.15, 0.2) is 0 Å². The molecule has 0 spiro atoms. The van der Waals surface area contributed by atoms with E-state index in [0.717, 1.165) is 33.1 Å². The molecule has 0 radical (unpaired) electrons. The summed E-state index contributed by atoms with van der Waals surface area (Å²) >= 11 is 0. The van der Waals surface area contributed by atoms with Crippen molar-refractivity contribution in [2.45, 2.75) is 6.92 Å². The van der Waals surface area contributed by atoms with Crippen LogP contribution in [0.3, 0.4) is 0 Å². The first-order valence-corrected chi connectivity index (χ1v) is 8.07. The summed E-state index contributed by atoms with van der Waals surface area (Å²) < 4.78 is 5.78. The average molecular weight is 309 g/mol. The molecule has 0 aliphatic carbocycles. The molecule has 0 N–H and O–H groups in total. The molecule has 5 aromatic rings. The Labute approximate surface area is 139 Å². The molecule has 0 fully saturated rings. The lowest BCUT2D eigenvalue weighted by Crippen LogP contribution is -1.90. The summed E-state index contributed by atoms with van der Waals surface area (Å²) in [5, 5.41) is 4.60. The lowest BCUT2D eigenvalue weighted by Gasteiger charge is -2.10. The van der Waals surface area contributed by atoms with E-state index < -0.39 is 0 Å². The van der Waals surface area contributed by atoms with Crippen molar-refractivity contribution in [1.29, 1.82) is 0 Å². The normalized spacial score (nSPS) is 11.5. The van der Waals surface area contributed by atoms with E-state index in [1.54, 1.807) is 6.26 Å². The van der Waals surface area contributed by atoms with E-state index in [4.69, 9.17) is 9.40 Å². The molecule has 0 aliphatic rings. The van der Waals surface area contributed by atoms with Crippen LogP contribution < -0.4 is 0 Å². The van der Waals surface area contributed by atoms with E-state index in [1.807, 2.05) is 24.3 Å². The maximum Gasteiger partial charge on any atom is 0.145 e. The molecule has 24 heavy (non-hydrogen) atoms. The highest BCUT2D eigenvalue weighted by atomic mass is 16.3. The van der Waals surface area contributed by atoms with Crippen LogP contribution in [-0.2, 0) is 0 Å². The number of para-hydroxylation sites is 1. The minimum atomic E-state index is 0.906. The number of furan rings is 1. The van der Waals surface area contributed by atoms with Gasteiger partial charge in [-0.1, -0.05) is 42.5 Å². The molecular weight excluding hydrogens is 294 g/mol. The fraction of sp³-hybridized carbons (Fsp3) is 0.0455. The van der Waals surface area contributed by atoms with Crippen LogP contribution in [0.25, 0.3) is 43.9 Å². The number of fused-ring (bicyclic) bond motifs is 4. The smallest absolute Gasteiger partial charge is 0.145 e. The van der Waals surface area contributed by atoms with Gasteiger partial charge in [-0.3, -0.25) is 0 Å². The predicted octanol–water partition coefficient (Wildman–Crippen LogP) is 6.11. The van der Waals surface area contributed by atoms with Crippen LogP contribution in [0.2, 0.25) is 0 Å². The van der Waals surface area contributed by atoms with Crippen molar-refractivity contribution < 1.29 is 4.42 Å². The number of pyridine rings is 1. The van der Waals surface area contributed by atoms with E-state index >= 15 is 0 Å². The monoisotopic (exact) mass is 309 g/mol. The Bertz CT molecular complexity index is 1220. The van der Waals surface area contributed by atoms with E-state index in [2.05, 4.69) is 49.4 Å². The minimum absolute atomic E-state index is 0.906. The van der Waals surface area contributed by atoms with Crippen molar-refractivity contribution in [3.63, 3.8) is 0 Å². The van der Waals surface area contributed by atoms with Crippen molar-refractivity contribution in [2.24, 2.45) is 0 Å². The number of benzene rings is 3. The van der Waals surface area contributed by atoms with E-state index in [0.29, 0.717) is 0 Å². The molecule has 0 amide bonds. The number of nitrogens with zero attached hydrogens (tertiary/aromatic N) is 1. The van der Waals surface area contributed by atoms with Gasteiger partial charge in [0, 0.05) is 16.3 Å². The van der Waals surface area contributed by atoms with Gasteiger partial charge in [-0.25, -0.2) is 4.98 Å². The predicted molar refractivity (Wildman–Crippen MR) is 99.2 cm³/mol. The molecule has 0 saturated heterocycles. The van der Waals surface area contributed by atoms with Crippen molar-refractivity contribution in [3.8, 4) is 11.3 Å². The van der Waals surface area contributed by atoms with Crippen LogP contribution in [0, 0.1) is 6.92 Å². The third kappa shape index (κ3) is 1.86. The molecule has 0 bridgehead atoms. The lowest BCUT2D eigenvalue weighted by atomic mass is 9.97. The standard InChI is InChI=1S/C22H15NO/c1-14-12-15-6-2-3-7-16(15)13-19(14)21-18-10-11-24-22(18)17-8-4-5-9-20(17)23-21/h2-13H,1H3. The first-order valence-electron chi connectivity index (χ1n) is 8.07. The number of aromatic nitrogens is 1. The summed E-state index contributed by atoms with van der Waals surface area (Å²) in [7, 11) is 0. The second-order valence-corrected chi connectivity index (χ2v) is 6.16. The summed E-state index contributed by atoms with van der Waals surface area (Å²) in [5.41, 5.74) is 5.23. The highest BCUT2D eigenvalue weighted by Crippen LogP contribution is 2.35. The fourth-order valence-electron chi connectivity index (χ4n) is 3.46. The van der Waals surface area contributed by atoms with Gasteiger partial charge in [0.1, 0.15) is 5.58 Å². The zero-order chi connectivity index (χ0) is 16.1. The molecule has 2 heterocycles. The van der Waals surface area contributed by atoms with Gasteiger partial charge in [-0.2, -0.15) is 0 Å². The first-order chi connectivity index (χ1) is 11.8. The topological polar surface area (TPSA) is 26.0 Å². The summed E-state index contributed by atoms with van der Waals surface area (Å²) in [4.78, 5) is 4.95. The summed E-state index contributed by atoms with van der Waals surface area (Å²) in [6.07, 6.45) is 1.75. The third-order valence-corrected chi connectivity index (χ3v) is 4.65. The third-order valence-electron chi connectivity index (χ3n) is 4.65. The molecule has 0 saturated carbocycles. The second kappa shape index (κ2) is 4.93. The van der Waals surface area contributed by atoms with Gasteiger partial charge in [0.25, 0.3) is 0 Å². The van der Waals surface area contributed by atoms with Crippen molar-refractivity contribution in [3.05, 3.63) is 78.6 Å². The molecule has 3 aromatic carbocycles. The van der Waals surface area contributed by atoms with Crippen molar-refractivity contribution in [1.82, 2.24) is 4.98 Å². The van der Waals surface area contributed by atoms with Crippen LogP contribution >= 0.6 is 0 Å². The summed E-state index contributed by atoms with van der Waals surface area (Å²) in [6, 6.07) is 23.0. The number of rotatable bonds is 1. The van der Waals surface area contributed by atoms with Crippen molar-refractivity contribution in [2.75, 3.05) is 0 Å². The Kier molecular flexibility index (Phi) is 2.74. The molecule has 2 aromatic heterocycles. The van der Waals surface area contributed by atoms with Gasteiger partial charge in [0.2, 0.25) is 0 Å². The van der Waals surface area contributed by atoms with E-state index in [9.17, 15) is 0 Å². The summed E-state index contributed by atoms with van der Waals surface area (Å²) in [5.74, 6) is 0. The van der Waals surface area contributed by atoms with Crippen molar-refractivity contribution >= 4 is 32.6 Å². The lowest BCUT2D eigenvalue weighted by molar-refractivity contribution is 0.619. The Morgan fingerprint density at radius 1 is 0.792 bits per heavy atom. The van der Waals surface area contributed by atoms with E-state index in [1.165, 1.54) is 16.3 Å². The molecule has 114 valence electrons. The van der Waals surface area contributed by atoms with Crippen LogP contribution in [0.4, 0.5) is 0 Å². The maximum absolute atomic E-state index is 5.78. The van der Waals surface area contributed by atoms with Crippen LogP contribution in [0.5, 0.6) is 0 Å². The van der Waals surface area contributed by atoms with Gasteiger partial charge >= 0.3 is 0 Å². The average Bonchev–Trinajstić information content (AvgIpc) is 3.10. The van der Waals surface area contributed by atoms with Gasteiger partial charge in [0.05, 0.1) is 17.5 Å². The largest absolute Gasteiger partial charge is 0.464 e. The van der Waals surface area contributed by atoms with E-state index in [-0.39, 0.29) is 0 Å². The highest BCUT2D eigenvalue weighted by Gasteiger charge is 2.14. The quantitative estimate of drug-likeness (QED) is 0.373. The molecule has 2 nitrogen and oxygen atoms in total. The Balaban J connectivity index is 1.91. The first kappa shape index (κ1) is 13.3. The Morgan fingerprint density at radius 2 is 1.54 bits per heavy atom. The van der Waals surface area contributed by atoms with Gasteiger partial charge in [-0.05, 0) is 47.5 Å². The molecule has 0 aliphatic heterocycles. The second-order valence-electron chi connectivity index (χ2n) is 6.16. The van der Waals surface area contributed by atoms with Crippen LogP contribution in [-0.4, -0.2) is 4.98 Å².